The molecule has 0 saturated carbocycles. The second-order valence-corrected chi connectivity index (χ2v) is 5.40. The Hall–Kier alpha value is -1.74. The first kappa shape index (κ1) is 15.3. The van der Waals surface area contributed by atoms with Crippen molar-refractivity contribution in [2.24, 2.45) is 10.9 Å². The number of rotatable bonds is 6. The number of oxime groups is 1. The Morgan fingerprint density at radius 1 is 1.42 bits per heavy atom. The van der Waals surface area contributed by atoms with Crippen LogP contribution in [0.4, 0.5) is 8.78 Å². The quantitative estimate of drug-likeness (QED) is 0.237. The van der Waals surface area contributed by atoms with Crippen LogP contribution in [0.25, 0.3) is 0 Å². The minimum Gasteiger partial charge on any atom is -0.409 e. The highest BCUT2D eigenvalue weighted by Crippen LogP contribution is 2.15. The molecule has 0 spiro atoms. The summed E-state index contributed by atoms with van der Waals surface area (Å²) in [5.41, 5.74) is 5.20. The van der Waals surface area contributed by atoms with Crippen molar-refractivity contribution in [1.29, 1.82) is 0 Å². The molecule has 6 nitrogen and oxygen atoms in total. The van der Waals surface area contributed by atoms with Gasteiger partial charge in [0.1, 0.15) is 22.4 Å². The summed E-state index contributed by atoms with van der Waals surface area (Å²) in [4.78, 5) is -0.627. The van der Waals surface area contributed by atoms with Gasteiger partial charge in [-0.05, 0) is 18.6 Å². The fraction of sp³-hybridized carbons (Fsp3) is 0.300. The fourth-order valence-corrected chi connectivity index (χ4v) is 2.43. The minimum absolute atomic E-state index is 0.0185. The van der Waals surface area contributed by atoms with Gasteiger partial charge in [0.2, 0.25) is 10.0 Å². The molecule has 106 valence electrons. The van der Waals surface area contributed by atoms with Crippen molar-refractivity contribution < 1.29 is 22.4 Å². The molecule has 1 aromatic carbocycles. The molecule has 0 amide bonds. The lowest BCUT2D eigenvalue weighted by Crippen LogP contribution is -2.26. The van der Waals surface area contributed by atoms with Crippen LogP contribution in [0.5, 0.6) is 0 Å². The predicted molar refractivity (Wildman–Crippen MR) is 64.2 cm³/mol. The molecule has 0 aliphatic heterocycles. The minimum atomic E-state index is -4.05. The first-order valence-corrected chi connectivity index (χ1v) is 6.76. The number of nitrogens with two attached hydrogens (primary N) is 1. The monoisotopic (exact) mass is 293 g/mol. The highest BCUT2D eigenvalue weighted by Gasteiger charge is 2.18. The maximum Gasteiger partial charge on any atom is 0.243 e. The Morgan fingerprint density at radius 3 is 2.68 bits per heavy atom. The average Bonchev–Trinajstić information content (AvgIpc) is 2.33. The van der Waals surface area contributed by atoms with Crippen LogP contribution in [-0.2, 0) is 10.0 Å². The van der Waals surface area contributed by atoms with E-state index in [1.54, 1.807) is 0 Å². The van der Waals surface area contributed by atoms with Crippen LogP contribution >= 0.6 is 0 Å². The van der Waals surface area contributed by atoms with Crippen molar-refractivity contribution in [1.82, 2.24) is 4.72 Å². The zero-order valence-electron chi connectivity index (χ0n) is 9.81. The Balaban J connectivity index is 2.66. The summed E-state index contributed by atoms with van der Waals surface area (Å²) in [7, 11) is -4.05. The van der Waals surface area contributed by atoms with Gasteiger partial charge in [-0.3, -0.25) is 0 Å². The van der Waals surface area contributed by atoms with Crippen molar-refractivity contribution in [2.45, 2.75) is 17.7 Å². The number of hydrogen-bond acceptors (Lipinski definition) is 4. The van der Waals surface area contributed by atoms with Crippen LogP contribution in [0.3, 0.4) is 0 Å². The molecule has 0 atom stereocenters. The van der Waals surface area contributed by atoms with Crippen molar-refractivity contribution in [3.05, 3.63) is 29.8 Å². The van der Waals surface area contributed by atoms with Gasteiger partial charge < -0.3 is 10.9 Å². The van der Waals surface area contributed by atoms with Gasteiger partial charge in [-0.15, -0.1) is 0 Å². The largest absolute Gasteiger partial charge is 0.409 e. The number of sulfonamides is 1. The van der Waals surface area contributed by atoms with E-state index in [0.29, 0.717) is 6.07 Å². The van der Waals surface area contributed by atoms with Crippen LogP contribution in [0, 0.1) is 11.6 Å². The van der Waals surface area contributed by atoms with Crippen LogP contribution in [-0.4, -0.2) is 26.0 Å². The molecule has 0 aliphatic rings. The number of halogens is 2. The lowest BCUT2D eigenvalue weighted by molar-refractivity contribution is 0.316. The van der Waals surface area contributed by atoms with Gasteiger partial charge in [0, 0.05) is 19.0 Å². The average molecular weight is 293 g/mol. The number of amidine groups is 1. The zero-order valence-corrected chi connectivity index (χ0v) is 10.6. The third kappa shape index (κ3) is 4.45. The van der Waals surface area contributed by atoms with Gasteiger partial charge in [-0.2, -0.15) is 0 Å². The van der Waals surface area contributed by atoms with E-state index in [1.165, 1.54) is 0 Å². The number of hydrogen-bond donors (Lipinski definition) is 3. The van der Waals surface area contributed by atoms with E-state index < -0.39 is 26.6 Å². The normalized spacial score (nSPS) is 12.6. The standard InChI is InChI=1S/C10H13F2N3O3S/c11-7-3-4-9(8(12)6-7)19(17,18)14-5-1-2-10(13)15-16/h3-4,6,14,16H,1-2,5H2,(H2,13,15). The Kier molecular flexibility index (Phi) is 5.19. The van der Waals surface area contributed by atoms with E-state index in [2.05, 4.69) is 9.88 Å². The molecule has 1 rings (SSSR count). The Labute approximate surface area is 109 Å². The SMILES string of the molecule is NC(CCCNS(=O)(=O)c1ccc(F)cc1F)=NO. The van der Waals surface area contributed by atoms with Crippen LogP contribution in [0.15, 0.2) is 28.3 Å². The molecule has 0 fully saturated rings. The second-order valence-electron chi connectivity index (χ2n) is 3.67. The third-order valence-electron chi connectivity index (χ3n) is 2.21. The first-order chi connectivity index (χ1) is 8.86. The molecular formula is C10H13F2N3O3S. The molecule has 0 saturated heterocycles. The van der Waals surface area contributed by atoms with Gasteiger partial charge in [-0.1, -0.05) is 5.16 Å². The van der Waals surface area contributed by atoms with Crippen molar-refractivity contribution in [3.8, 4) is 0 Å². The zero-order chi connectivity index (χ0) is 14.5. The highest BCUT2D eigenvalue weighted by molar-refractivity contribution is 7.89. The second kappa shape index (κ2) is 6.43. The van der Waals surface area contributed by atoms with Crippen LogP contribution in [0.2, 0.25) is 0 Å². The third-order valence-corrected chi connectivity index (χ3v) is 3.71. The van der Waals surface area contributed by atoms with Gasteiger partial charge in [0.15, 0.2) is 0 Å². The van der Waals surface area contributed by atoms with Gasteiger partial charge >= 0.3 is 0 Å². The maximum absolute atomic E-state index is 13.3. The van der Waals surface area contributed by atoms with Crippen LogP contribution < -0.4 is 10.5 Å². The molecule has 0 aromatic heterocycles. The Morgan fingerprint density at radius 2 is 2.11 bits per heavy atom. The summed E-state index contributed by atoms with van der Waals surface area (Å²) < 4.78 is 51.5. The topological polar surface area (TPSA) is 105 Å². The molecule has 0 radical (unpaired) electrons. The van der Waals surface area contributed by atoms with E-state index in [0.717, 1.165) is 12.1 Å². The number of benzene rings is 1. The molecule has 9 heteroatoms. The maximum atomic E-state index is 13.3. The van der Waals surface area contributed by atoms with E-state index in [1.807, 2.05) is 0 Å². The van der Waals surface area contributed by atoms with E-state index in [4.69, 9.17) is 10.9 Å². The molecule has 0 heterocycles. The summed E-state index contributed by atoms with van der Waals surface area (Å²) in [5.74, 6) is -2.06. The van der Waals surface area contributed by atoms with E-state index in [-0.39, 0.29) is 25.2 Å². The molecule has 1 aromatic rings. The molecule has 0 aliphatic carbocycles. The predicted octanol–water partition coefficient (Wildman–Crippen LogP) is 0.770. The summed E-state index contributed by atoms with van der Waals surface area (Å²) >= 11 is 0. The fourth-order valence-electron chi connectivity index (χ4n) is 1.30. The van der Waals surface area contributed by atoms with E-state index >= 15 is 0 Å². The summed E-state index contributed by atoms with van der Waals surface area (Å²) in [5, 5.41) is 11.0. The summed E-state index contributed by atoms with van der Waals surface area (Å²) in [6.45, 7) is -0.0185. The lowest BCUT2D eigenvalue weighted by Gasteiger charge is -2.07. The summed E-state index contributed by atoms with van der Waals surface area (Å²) in [6.07, 6.45) is 0.461. The molecular weight excluding hydrogens is 280 g/mol. The van der Waals surface area contributed by atoms with Crippen molar-refractivity contribution in [2.75, 3.05) is 6.54 Å². The molecule has 0 bridgehead atoms. The highest BCUT2D eigenvalue weighted by atomic mass is 32.2. The van der Waals surface area contributed by atoms with Crippen LogP contribution in [0.1, 0.15) is 12.8 Å². The molecule has 19 heavy (non-hydrogen) atoms. The lowest BCUT2D eigenvalue weighted by atomic mass is 10.3. The van der Waals surface area contributed by atoms with E-state index in [9.17, 15) is 17.2 Å². The molecule has 0 unspecified atom stereocenters. The van der Waals surface area contributed by atoms with Gasteiger partial charge in [0.25, 0.3) is 0 Å². The Bertz CT molecular complexity index is 575. The summed E-state index contributed by atoms with van der Waals surface area (Å²) in [6, 6.07) is 2.19. The first-order valence-electron chi connectivity index (χ1n) is 5.28. The smallest absolute Gasteiger partial charge is 0.243 e. The number of nitrogens with zero attached hydrogens (tertiary/aromatic N) is 1. The van der Waals surface area contributed by atoms with Crippen molar-refractivity contribution in [3.63, 3.8) is 0 Å². The van der Waals surface area contributed by atoms with Gasteiger partial charge in [-0.25, -0.2) is 21.9 Å². The molecule has 4 N–H and O–H groups in total. The van der Waals surface area contributed by atoms with Crippen molar-refractivity contribution >= 4 is 15.9 Å². The number of nitrogens with one attached hydrogen (secondary N) is 1. The van der Waals surface area contributed by atoms with Gasteiger partial charge in [0.05, 0.1) is 0 Å².